The van der Waals surface area contributed by atoms with Gasteiger partial charge in [-0.3, -0.25) is 9.59 Å². The van der Waals surface area contributed by atoms with E-state index in [1.165, 1.54) is 0 Å². The molecule has 0 aliphatic heterocycles. The molecule has 6 nitrogen and oxygen atoms in total. The van der Waals surface area contributed by atoms with Crippen LogP contribution in [0.25, 0.3) is 0 Å². The Morgan fingerprint density at radius 3 is 1.31 bits per heavy atom. The minimum Gasteiger partial charge on any atom is -0.494 e. The van der Waals surface area contributed by atoms with Crippen molar-refractivity contribution in [2.75, 3.05) is 13.2 Å². The lowest BCUT2D eigenvalue weighted by atomic mass is 9.52. The summed E-state index contributed by atoms with van der Waals surface area (Å²) in [6.07, 6.45) is 3.98. The summed E-state index contributed by atoms with van der Waals surface area (Å²) in [5.41, 5.74) is 1.42. The maximum Gasteiger partial charge on any atom is 0.307 e. The van der Waals surface area contributed by atoms with Crippen LogP contribution >= 0.6 is 0 Å². The summed E-state index contributed by atoms with van der Waals surface area (Å²) in [6, 6.07) is 14.3. The van der Waals surface area contributed by atoms with Gasteiger partial charge >= 0.3 is 11.9 Å². The Morgan fingerprint density at radius 1 is 0.688 bits per heavy atom. The molecule has 0 radical (unpaired) electrons. The molecule has 2 aromatic rings. The third kappa shape index (κ3) is 5.23. The van der Waals surface area contributed by atoms with Crippen molar-refractivity contribution in [3.63, 3.8) is 0 Å². The first-order valence-electron chi connectivity index (χ1n) is 11.4. The van der Waals surface area contributed by atoms with Crippen LogP contribution in [-0.2, 0) is 9.59 Å². The molecule has 1 aliphatic carbocycles. The SMILES string of the molecule is CCCCOc1ccc(C2C(C(=O)O)C(c3ccc(OCCCC)cc3)C2C(=O)O)cc1. The summed E-state index contributed by atoms with van der Waals surface area (Å²) >= 11 is 0. The first kappa shape index (κ1) is 23.6. The van der Waals surface area contributed by atoms with E-state index in [0.29, 0.717) is 35.8 Å². The largest absolute Gasteiger partial charge is 0.494 e. The van der Waals surface area contributed by atoms with Gasteiger partial charge in [0.05, 0.1) is 25.0 Å². The number of unbranched alkanes of at least 4 members (excludes halogenated alkanes) is 2. The minimum absolute atomic E-state index is 0.597. The molecule has 0 unspecified atom stereocenters. The molecule has 3 rings (SSSR count). The normalized spacial score (nSPS) is 22.1. The van der Waals surface area contributed by atoms with Gasteiger partial charge in [0.25, 0.3) is 0 Å². The summed E-state index contributed by atoms with van der Waals surface area (Å²) in [7, 11) is 0. The van der Waals surface area contributed by atoms with Gasteiger partial charge in [0.1, 0.15) is 11.5 Å². The molecule has 1 aliphatic rings. The molecule has 2 N–H and O–H groups in total. The molecule has 6 heteroatoms. The summed E-state index contributed by atoms with van der Waals surface area (Å²) in [4.78, 5) is 24.3. The maximum absolute atomic E-state index is 12.2. The van der Waals surface area contributed by atoms with Crippen molar-refractivity contribution >= 4 is 11.9 Å². The van der Waals surface area contributed by atoms with Gasteiger partial charge in [0.2, 0.25) is 0 Å². The molecule has 0 atom stereocenters. The smallest absolute Gasteiger partial charge is 0.307 e. The van der Waals surface area contributed by atoms with Crippen molar-refractivity contribution in [2.45, 2.75) is 51.4 Å². The maximum atomic E-state index is 12.2. The molecule has 0 spiro atoms. The monoisotopic (exact) mass is 440 g/mol. The van der Waals surface area contributed by atoms with Gasteiger partial charge in [0, 0.05) is 11.8 Å². The average molecular weight is 441 g/mol. The fourth-order valence-corrected chi connectivity index (χ4v) is 4.43. The van der Waals surface area contributed by atoms with Gasteiger partial charge in [-0.2, -0.15) is 0 Å². The van der Waals surface area contributed by atoms with Crippen molar-refractivity contribution in [3.8, 4) is 11.5 Å². The van der Waals surface area contributed by atoms with Crippen LogP contribution < -0.4 is 9.47 Å². The van der Waals surface area contributed by atoms with E-state index >= 15 is 0 Å². The van der Waals surface area contributed by atoms with E-state index in [1.807, 2.05) is 0 Å². The van der Waals surface area contributed by atoms with Crippen LogP contribution in [0.3, 0.4) is 0 Å². The highest BCUT2D eigenvalue weighted by Gasteiger charge is 2.58. The average Bonchev–Trinajstić information content (AvgIpc) is 2.75. The third-order valence-electron chi connectivity index (χ3n) is 6.18. The van der Waals surface area contributed by atoms with Crippen molar-refractivity contribution in [1.82, 2.24) is 0 Å². The van der Waals surface area contributed by atoms with E-state index in [9.17, 15) is 19.8 Å². The predicted octanol–water partition coefficient (Wildman–Crippen LogP) is 5.33. The van der Waals surface area contributed by atoms with Crippen LogP contribution in [0, 0.1) is 11.8 Å². The molecule has 0 heterocycles. The van der Waals surface area contributed by atoms with Gasteiger partial charge in [-0.15, -0.1) is 0 Å². The zero-order chi connectivity index (χ0) is 23.1. The second-order valence-corrected chi connectivity index (χ2v) is 8.32. The quantitative estimate of drug-likeness (QED) is 0.434. The number of rotatable bonds is 12. The molecule has 0 saturated heterocycles. The number of carbonyl (C=O) groups is 2. The van der Waals surface area contributed by atoms with Crippen LogP contribution in [0.4, 0.5) is 0 Å². The second-order valence-electron chi connectivity index (χ2n) is 8.32. The summed E-state index contributed by atoms with van der Waals surface area (Å²) < 4.78 is 11.3. The Morgan fingerprint density at radius 2 is 1.03 bits per heavy atom. The Hall–Kier alpha value is -3.02. The molecule has 1 fully saturated rings. The Bertz CT molecular complexity index is 806. The second kappa shape index (κ2) is 11.0. The van der Waals surface area contributed by atoms with Crippen molar-refractivity contribution < 1.29 is 29.3 Å². The van der Waals surface area contributed by atoms with Crippen LogP contribution in [-0.4, -0.2) is 35.4 Å². The number of ether oxygens (including phenoxy) is 2. The predicted molar refractivity (Wildman–Crippen MR) is 121 cm³/mol. The summed E-state index contributed by atoms with van der Waals surface area (Å²) in [6.45, 7) is 5.42. The van der Waals surface area contributed by atoms with Crippen LogP contribution in [0.1, 0.15) is 62.5 Å². The topological polar surface area (TPSA) is 93.1 Å². The highest BCUT2D eigenvalue weighted by Crippen LogP contribution is 2.57. The molecule has 0 aromatic heterocycles. The number of benzene rings is 2. The number of hydrogen-bond acceptors (Lipinski definition) is 4. The fraction of sp³-hybridized carbons (Fsp3) is 0.462. The van der Waals surface area contributed by atoms with E-state index in [0.717, 1.165) is 25.7 Å². The van der Waals surface area contributed by atoms with Gasteiger partial charge in [-0.1, -0.05) is 51.0 Å². The molecule has 2 aromatic carbocycles. The van der Waals surface area contributed by atoms with E-state index < -0.39 is 35.6 Å². The van der Waals surface area contributed by atoms with Gasteiger partial charge < -0.3 is 19.7 Å². The standard InChI is InChI=1S/C26H32O6/c1-3-5-15-31-19-11-7-17(8-12-19)21-23(25(27)28)22(24(21)26(29)30)18-9-13-20(14-10-18)32-16-6-4-2/h7-14,21-24H,3-6,15-16H2,1-2H3,(H,27,28)(H,29,30). The number of hydrogen-bond donors (Lipinski definition) is 2. The summed E-state index contributed by atoms with van der Waals surface area (Å²) in [5, 5.41) is 19.9. The minimum atomic E-state index is -0.982. The van der Waals surface area contributed by atoms with E-state index in [2.05, 4.69) is 13.8 Å². The van der Waals surface area contributed by atoms with Crippen molar-refractivity contribution in [3.05, 3.63) is 59.7 Å². The Labute approximate surface area is 189 Å². The first-order valence-corrected chi connectivity index (χ1v) is 11.4. The third-order valence-corrected chi connectivity index (χ3v) is 6.18. The highest BCUT2D eigenvalue weighted by atomic mass is 16.5. The first-order chi connectivity index (χ1) is 15.5. The van der Waals surface area contributed by atoms with Gasteiger partial charge in [-0.25, -0.2) is 0 Å². The lowest BCUT2D eigenvalue weighted by Crippen LogP contribution is -2.50. The molecular weight excluding hydrogens is 408 g/mol. The molecule has 172 valence electrons. The Kier molecular flexibility index (Phi) is 8.14. The van der Waals surface area contributed by atoms with Crippen LogP contribution in [0.15, 0.2) is 48.5 Å². The van der Waals surface area contributed by atoms with E-state index in [-0.39, 0.29) is 0 Å². The van der Waals surface area contributed by atoms with Crippen LogP contribution in [0.5, 0.6) is 11.5 Å². The Balaban J connectivity index is 1.80. The molecule has 32 heavy (non-hydrogen) atoms. The van der Waals surface area contributed by atoms with Crippen LogP contribution in [0.2, 0.25) is 0 Å². The van der Waals surface area contributed by atoms with Gasteiger partial charge in [-0.05, 0) is 48.2 Å². The van der Waals surface area contributed by atoms with Crippen molar-refractivity contribution in [1.29, 1.82) is 0 Å². The summed E-state index contributed by atoms with van der Waals surface area (Å²) in [5.74, 6) is -3.37. The number of carboxylic acid groups (broad SMARTS) is 2. The molecular formula is C26H32O6. The number of carboxylic acids is 2. The highest BCUT2D eigenvalue weighted by molar-refractivity contribution is 5.83. The molecule has 0 amide bonds. The van der Waals surface area contributed by atoms with Gasteiger partial charge in [0.15, 0.2) is 0 Å². The zero-order valence-electron chi connectivity index (χ0n) is 18.7. The van der Waals surface area contributed by atoms with E-state index in [4.69, 9.17) is 9.47 Å². The lowest BCUT2D eigenvalue weighted by Gasteiger charge is -2.48. The fourth-order valence-electron chi connectivity index (χ4n) is 4.43. The molecule has 0 bridgehead atoms. The molecule has 1 saturated carbocycles. The van der Waals surface area contributed by atoms with E-state index in [1.54, 1.807) is 48.5 Å². The lowest BCUT2D eigenvalue weighted by molar-refractivity contribution is -0.159. The number of aliphatic carboxylic acids is 2. The zero-order valence-corrected chi connectivity index (χ0v) is 18.7. The van der Waals surface area contributed by atoms with Crippen molar-refractivity contribution in [2.24, 2.45) is 11.8 Å².